The van der Waals surface area contributed by atoms with Gasteiger partial charge in [0.05, 0.1) is 18.0 Å². The van der Waals surface area contributed by atoms with E-state index in [2.05, 4.69) is 5.10 Å². The molecule has 2 atom stereocenters. The number of hydrogen-bond acceptors (Lipinski definition) is 4. The Morgan fingerprint density at radius 1 is 1.30 bits per heavy atom. The second kappa shape index (κ2) is 5.13. The van der Waals surface area contributed by atoms with E-state index >= 15 is 0 Å². The molecule has 4 heterocycles. The molecule has 0 aliphatic carbocycles. The zero-order valence-corrected chi connectivity index (χ0v) is 12.9. The van der Waals surface area contributed by atoms with Gasteiger partial charge in [-0.3, -0.25) is 14.9 Å². The molecule has 0 radical (unpaired) electrons. The first kappa shape index (κ1) is 14.3. The summed E-state index contributed by atoms with van der Waals surface area (Å²) in [6.07, 6.45) is 2.28. The number of nitrogens with one attached hydrogen (secondary N) is 1. The van der Waals surface area contributed by atoms with E-state index in [0.29, 0.717) is 5.92 Å². The minimum atomic E-state index is -0.402. The normalized spacial score (nSPS) is 31.7. The molecule has 4 aliphatic rings. The Kier molecular flexibility index (Phi) is 3.19. The molecule has 4 aliphatic heterocycles. The van der Waals surface area contributed by atoms with Crippen molar-refractivity contribution in [1.82, 2.24) is 5.01 Å². The largest absolute Gasteiger partial charge is 0.326 e. The lowest BCUT2D eigenvalue weighted by molar-refractivity contribution is -0.927. The standard InChI is InChI=1S/C16H18N4O3/c1-10(21)19-15(12-2-4-13(5-3-12)20(22)23)16-14(17-19)11-6-8-18(16)9-7-11/h2-5,11,15-16H,6-9H2,1H3/p+1/t15-,16-/m0/s1. The van der Waals surface area contributed by atoms with E-state index in [1.165, 1.54) is 24.0 Å². The number of non-ortho nitro benzene ring substituents is 1. The maximum absolute atomic E-state index is 12.1. The Morgan fingerprint density at radius 2 is 1.96 bits per heavy atom. The van der Waals surface area contributed by atoms with Gasteiger partial charge in [0.1, 0.15) is 11.8 Å². The number of carbonyl (C=O) groups is 1. The summed E-state index contributed by atoms with van der Waals surface area (Å²) in [6.45, 7) is 3.76. The SMILES string of the molecule is CC(=O)N1N=C2C3CC[NH+](CC3)[C@@H]2[C@@H]1c1ccc([N+](=O)[O-])cc1. The van der Waals surface area contributed by atoms with Crippen LogP contribution in [0, 0.1) is 16.0 Å². The molecule has 5 rings (SSSR count). The molecule has 1 amide bonds. The number of hydrazone groups is 1. The Labute approximate surface area is 133 Å². The van der Waals surface area contributed by atoms with Gasteiger partial charge >= 0.3 is 0 Å². The molecular formula is C16H19N4O3+. The summed E-state index contributed by atoms with van der Waals surface area (Å²) in [6, 6.07) is 6.61. The number of rotatable bonds is 2. The molecule has 0 saturated carbocycles. The van der Waals surface area contributed by atoms with Crippen molar-refractivity contribution in [2.24, 2.45) is 11.0 Å². The van der Waals surface area contributed by atoms with Gasteiger partial charge in [-0.15, -0.1) is 0 Å². The van der Waals surface area contributed by atoms with Crippen molar-refractivity contribution in [3.8, 4) is 0 Å². The number of amides is 1. The first-order valence-electron chi connectivity index (χ1n) is 8.03. The Morgan fingerprint density at radius 3 is 2.52 bits per heavy atom. The van der Waals surface area contributed by atoms with Crippen LogP contribution in [0.25, 0.3) is 0 Å². The molecule has 0 unspecified atom stereocenters. The fourth-order valence-corrected chi connectivity index (χ4v) is 4.31. The zero-order chi connectivity index (χ0) is 16.1. The lowest BCUT2D eigenvalue weighted by atomic mass is 9.78. The van der Waals surface area contributed by atoms with Crippen LogP contribution in [-0.4, -0.2) is 40.7 Å². The molecule has 23 heavy (non-hydrogen) atoms. The summed E-state index contributed by atoms with van der Waals surface area (Å²) in [7, 11) is 0. The summed E-state index contributed by atoms with van der Waals surface area (Å²) in [4.78, 5) is 24.0. The topological polar surface area (TPSA) is 80.2 Å². The van der Waals surface area contributed by atoms with E-state index in [0.717, 1.165) is 37.2 Å². The number of piperidine rings is 3. The number of nitro groups is 1. The van der Waals surface area contributed by atoms with Gasteiger partial charge in [0.15, 0.2) is 6.04 Å². The number of fused-ring (bicyclic) bond motifs is 2. The highest BCUT2D eigenvalue weighted by molar-refractivity contribution is 5.95. The first-order chi connectivity index (χ1) is 11.1. The molecule has 1 aromatic carbocycles. The Balaban J connectivity index is 1.73. The van der Waals surface area contributed by atoms with Gasteiger partial charge in [-0.2, -0.15) is 5.10 Å². The van der Waals surface area contributed by atoms with E-state index in [9.17, 15) is 14.9 Å². The van der Waals surface area contributed by atoms with E-state index in [4.69, 9.17) is 0 Å². The first-order valence-corrected chi connectivity index (χ1v) is 8.03. The van der Waals surface area contributed by atoms with Crippen LogP contribution in [0.5, 0.6) is 0 Å². The molecule has 120 valence electrons. The van der Waals surface area contributed by atoms with Crippen molar-refractivity contribution < 1.29 is 14.6 Å². The molecular weight excluding hydrogens is 296 g/mol. The fourth-order valence-electron chi connectivity index (χ4n) is 4.31. The van der Waals surface area contributed by atoms with Gasteiger partial charge in [0.2, 0.25) is 5.91 Å². The Bertz CT molecular complexity index is 692. The average molecular weight is 315 g/mol. The lowest BCUT2D eigenvalue weighted by Crippen LogP contribution is -3.20. The molecule has 7 heteroatoms. The van der Waals surface area contributed by atoms with E-state index in [1.54, 1.807) is 17.1 Å². The second-order valence-electron chi connectivity index (χ2n) is 6.59. The minimum Gasteiger partial charge on any atom is -0.326 e. The van der Waals surface area contributed by atoms with E-state index < -0.39 is 4.92 Å². The smallest absolute Gasteiger partial charge is 0.269 e. The summed E-state index contributed by atoms with van der Waals surface area (Å²) < 4.78 is 0. The molecule has 3 saturated heterocycles. The Hall–Kier alpha value is -2.28. The van der Waals surface area contributed by atoms with Gasteiger partial charge in [-0.1, -0.05) is 0 Å². The summed E-state index contributed by atoms with van der Waals surface area (Å²) in [5.74, 6) is 0.414. The van der Waals surface area contributed by atoms with E-state index in [1.807, 2.05) is 0 Å². The van der Waals surface area contributed by atoms with Crippen LogP contribution in [-0.2, 0) is 4.79 Å². The molecule has 0 spiro atoms. The third-order valence-electron chi connectivity index (χ3n) is 5.38. The second-order valence-corrected chi connectivity index (χ2v) is 6.59. The molecule has 2 bridgehead atoms. The van der Waals surface area contributed by atoms with Crippen LogP contribution in [0.15, 0.2) is 29.4 Å². The van der Waals surface area contributed by atoms with E-state index in [-0.39, 0.29) is 23.7 Å². The summed E-state index contributed by atoms with van der Waals surface area (Å²) >= 11 is 0. The quantitative estimate of drug-likeness (QED) is 0.638. The van der Waals surface area contributed by atoms with Gasteiger partial charge in [-0.25, -0.2) is 5.01 Å². The third kappa shape index (κ3) is 2.15. The van der Waals surface area contributed by atoms with Gasteiger partial charge in [-0.05, 0) is 17.7 Å². The highest BCUT2D eigenvalue weighted by Crippen LogP contribution is 2.36. The molecule has 1 N–H and O–H groups in total. The number of hydrogen-bond donors (Lipinski definition) is 1. The van der Waals surface area contributed by atoms with Crippen molar-refractivity contribution in [1.29, 1.82) is 0 Å². The van der Waals surface area contributed by atoms with Gasteiger partial charge in [0, 0.05) is 37.8 Å². The fraction of sp³-hybridized carbons (Fsp3) is 0.500. The summed E-state index contributed by atoms with van der Waals surface area (Å²) in [5, 5.41) is 17.1. The maximum Gasteiger partial charge on any atom is 0.269 e. The van der Waals surface area contributed by atoms with Crippen molar-refractivity contribution >= 4 is 17.3 Å². The number of quaternary nitrogens is 1. The van der Waals surface area contributed by atoms with Gasteiger partial charge < -0.3 is 4.90 Å². The number of benzene rings is 1. The van der Waals surface area contributed by atoms with Crippen molar-refractivity contribution in [3.05, 3.63) is 39.9 Å². The van der Waals surface area contributed by atoms with Crippen LogP contribution in [0.2, 0.25) is 0 Å². The third-order valence-corrected chi connectivity index (χ3v) is 5.38. The molecule has 3 fully saturated rings. The van der Waals surface area contributed by atoms with Crippen LogP contribution >= 0.6 is 0 Å². The number of nitrogens with zero attached hydrogens (tertiary/aromatic N) is 3. The molecule has 7 nitrogen and oxygen atoms in total. The zero-order valence-electron chi connectivity index (χ0n) is 12.9. The lowest BCUT2D eigenvalue weighted by Gasteiger charge is -2.42. The number of carbonyl (C=O) groups excluding carboxylic acids is 1. The van der Waals surface area contributed by atoms with Crippen LogP contribution < -0.4 is 4.90 Å². The van der Waals surface area contributed by atoms with Crippen LogP contribution in [0.1, 0.15) is 31.4 Å². The molecule has 1 aromatic rings. The monoisotopic (exact) mass is 315 g/mol. The molecule has 0 aromatic heterocycles. The average Bonchev–Trinajstić information content (AvgIpc) is 2.99. The van der Waals surface area contributed by atoms with Crippen molar-refractivity contribution in [2.75, 3.05) is 13.1 Å². The van der Waals surface area contributed by atoms with Gasteiger partial charge in [0.25, 0.3) is 5.69 Å². The maximum atomic E-state index is 12.1. The van der Waals surface area contributed by atoms with Crippen molar-refractivity contribution in [3.63, 3.8) is 0 Å². The predicted molar refractivity (Wildman–Crippen MR) is 83.0 cm³/mol. The summed E-state index contributed by atoms with van der Waals surface area (Å²) in [5.41, 5.74) is 2.14. The predicted octanol–water partition coefficient (Wildman–Crippen LogP) is 0.531. The van der Waals surface area contributed by atoms with Crippen molar-refractivity contribution in [2.45, 2.75) is 31.8 Å². The highest BCUT2D eigenvalue weighted by atomic mass is 16.6. The van der Waals surface area contributed by atoms with Crippen LogP contribution in [0.4, 0.5) is 5.69 Å². The van der Waals surface area contributed by atoms with Crippen LogP contribution in [0.3, 0.4) is 0 Å². The highest BCUT2D eigenvalue weighted by Gasteiger charge is 2.53. The minimum absolute atomic E-state index is 0.0695. The number of nitro benzene ring substituents is 1.